The molecule has 1 unspecified atom stereocenters. The van der Waals surface area contributed by atoms with Crippen molar-refractivity contribution in [2.45, 2.75) is 26.1 Å². The van der Waals surface area contributed by atoms with Crippen molar-refractivity contribution >= 4 is 39.1 Å². The molecule has 0 saturated carbocycles. The number of carbonyl (C=O) groups excluding carboxylic acids is 1. The molecule has 1 atom stereocenters. The molecule has 0 saturated heterocycles. The maximum Gasteiger partial charge on any atom is 0.257 e. The minimum atomic E-state index is -0.826. The second-order valence-electron chi connectivity index (χ2n) is 8.83. The Bertz CT molecular complexity index is 1470. The number of aliphatic hydroxyl groups is 1. The Labute approximate surface area is 217 Å². The van der Waals surface area contributed by atoms with Gasteiger partial charge in [-0.05, 0) is 43.3 Å². The smallest absolute Gasteiger partial charge is 0.257 e. The van der Waals surface area contributed by atoms with Crippen LogP contribution in [-0.4, -0.2) is 34.1 Å². The Balaban J connectivity index is 1.52. The van der Waals surface area contributed by atoms with Crippen molar-refractivity contribution in [2.24, 2.45) is 7.05 Å². The third-order valence-electron chi connectivity index (χ3n) is 6.03. The monoisotopic (exact) mass is 526 g/mol. The van der Waals surface area contributed by atoms with Crippen LogP contribution in [0.15, 0.2) is 59.8 Å². The molecule has 0 radical (unpaired) electrons. The molecule has 0 aliphatic rings. The normalized spacial score (nSPS) is 12.3. The zero-order valence-electron chi connectivity index (χ0n) is 20.2. The predicted octanol–water partition coefficient (Wildman–Crippen LogP) is 3.29. The number of likely N-dealkylation sites (N-methyl/N-ethyl adjacent to an activating group) is 1. The number of aliphatic hydroxyl groups excluding tert-OH is 1. The maximum absolute atomic E-state index is 13.3. The number of pyridine rings is 2. The summed E-state index contributed by atoms with van der Waals surface area (Å²) in [4.78, 5) is 29.0. The molecule has 0 aliphatic carbocycles. The van der Waals surface area contributed by atoms with Gasteiger partial charge in [0.15, 0.2) is 12.4 Å². The largest absolute Gasteiger partial charge is 0.619 e. The molecule has 4 aromatic rings. The van der Waals surface area contributed by atoms with Crippen molar-refractivity contribution in [3.63, 3.8) is 0 Å². The number of amides is 1. The number of hydrogen-bond acceptors (Lipinski definition) is 6. The van der Waals surface area contributed by atoms with E-state index in [-0.39, 0.29) is 17.5 Å². The van der Waals surface area contributed by atoms with Gasteiger partial charge < -0.3 is 20.2 Å². The van der Waals surface area contributed by atoms with E-state index in [9.17, 15) is 19.9 Å². The molecular formula is C26H27ClN4O4S. The van der Waals surface area contributed by atoms with Crippen LogP contribution < -0.4 is 15.5 Å². The Morgan fingerprint density at radius 3 is 2.72 bits per heavy atom. The first kappa shape index (κ1) is 25.8. The molecule has 36 heavy (non-hydrogen) atoms. The fraction of sp³-hybridized carbons (Fsp3) is 0.269. The molecule has 188 valence electrons. The van der Waals surface area contributed by atoms with Crippen LogP contribution in [0.1, 0.15) is 38.0 Å². The van der Waals surface area contributed by atoms with Gasteiger partial charge in [-0.1, -0.05) is 23.7 Å². The van der Waals surface area contributed by atoms with Crippen LogP contribution in [0.4, 0.5) is 0 Å². The molecule has 0 bridgehead atoms. The number of benzene rings is 1. The summed E-state index contributed by atoms with van der Waals surface area (Å²) in [6, 6.07) is 10.5. The van der Waals surface area contributed by atoms with Crippen molar-refractivity contribution in [3.8, 4) is 0 Å². The average Bonchev–Trinajstić information content (AvgIpc) is 3.17. The van der Waals surface area contributed by atoms with Crippen molar-refractivity contribution in [3.05, 3.63) is 103 Å². The lowest BCUT2D eigenvalue weighted by Gasteiger charge is -2.20. The van der Waals surface area contributed by atoms with E-state index in [1.54, 1.807) is 30.5 Å². The number of aromatic nitrogens is 2. The van der Waals surface area contributed by atoms with Crippen molar-refractivity contribution in [2.75, 3.05) is 13.6 Å². The third kappa shape index (κ3) is 5.60. The summed E-state index contributed by atoms with van der Waals surface area (Å²) in [7, 11) is 3.69. The van der Waals surface area contributed by atoms with Gasteiger partial charge in [-0.2, -0.15) is 4.73 Å². The van der Waals surface area contributed by atoms with E-state index in [4.69, 9.17) is 11.6 Å². The summed E-state index contributed by atoms with van der Waals surface area (Å²) in [6.45, 7) is 3.05. The molecule has 2 N–H and O–H groups in total. The lowest BCUT2D eigenvalue weighted by Crippen LogP contribution is -2.29. The quantitative estimate of drug-likeness (QED) is 0.271. The van der Waals surface area contributed by atoms with E-state index in [1.165, 1.54) is 23.7 Å². The van der Waals surface area contributed by atoms with Crippen LogP contribution in [0.25, 0.3) is 10.2 Å². The summed E-state index contributed by atoms with van der Waals surface area (Å²) in [6.07, 6.45) is 3.47. The van der Waals surface area contributed by atoms with E-state index < -0.39 is 12.0 Å². The number of carbonyl (C=O) groups is 1. The standard InChI is InChI=1S/C26H27ClN4O4S/c1-16-22(15-29(2)14-21(32)18-5-4-10-31(35)12-18)36-25-23(16)30(3)13-20(24(25)33)26(34)28-11-17-6-8-19(27)9-7-17/h4-10,12-13,21,32H,11,14-15H2,1-3H3,(H,28,34). The van der Waals surface area contributed by atoms with Gasteiger partial charge in [0.2, 0.25) is 5.43 Å². The molecule has 10 heteroatoms. The Hall–Kier alpha value is -3.24. The summed E-state index contributed by atoms with van der Waals surface area (Å²) in [5, 5.41) is 25.5. The molecule has 0 fully saturated rings. The molecule has 1 aromatic carbocycles. The van der Waals surface area contributed by atoms with Gasteiger partial charge in [-0.15, -0.1) is 11.3 Å². The van der Waals surface area contributed by atoms with Gasteiger partial charge in [0.05, 0.1) is 16.3 Å². The van der Waals surface area contributed by atoms with Gasteiger partial charge in [0.25, 0.3) is 5.91 Å². The summed E-state index contributed by atoms with van der Waals surface area (Å²) >= 11 is 7.27. The van der Waals surface area contributed by atoms with E-state index in [2.05, 4.69) is 5.32 Å². The fourth-order valence-electron chi connectivity index (χ4n) is 4.14. The minimum absolute atomic E-state index is 0.0885. The Morgan fingerprint density at radius 1 is 1.31 bits per heavy atom. The maximum atomic E-state index is 13.3. The summed E-state index contributed by atoms with van der Waals surface area (Å²) in [5.41, 5.74) is 2.95. The molecule has 8 nitrogen and oxygen atoms in total. The van der Waals surface area contributed by atoms with E-state index in [0.717, 1.165) is 21.5 Å². The first-order valence-electron chi connectivity index (χ1n) is 11.3. The molecule has 3 aromatic heterocycles. The highest BCUT2D eigenvalue weighted by Crippen LogP contribution is 2.30. The highest BCUT2D eigenvalue weighted by Gasteiger charge is 2.21. The Kier molecular flexibility index (Phi) is 7.75. The van der Waals surface area contributed by atoms with Crippen molar-refractivity contribution in [1.82, 2.24) is 14.8 Å². The molecule has 0 spiro atoms. The molecule has 4 rings (SSSR count). The summed E-state index contributed by atoms with van der Waals surface area (Å²) < 4.78 is 3.00. The Morgan fingerprint density at radius 2 is 2.03 bits per heavy atom. The second kappa shape index (κ2) is 10.8. The van der Waals surface area contributed by atoms with Crippen LogP contribution in [0.2, 0.25) is 5.02 Å². The zero-order chi connectivity index (χ0) is 26.0. The lowest BCUT2D eigenvalue weighted by molar-refractivity contribution is -0.606. The van der Waals surface area contributed by atoms with Gasteiger partial charge in [-0.3, -0.25) is 14.5 Å². The van der Waals surface area contributed by atoms with Gasteiger partial charge >= 0.3 is 0 Å². The van der Waals surface area contributed by atoms with Gasteiger partial charge in [0.1, 0.15) is 5.56 Å². The number of fused-ring (bicyclic) bond motifs is 1. The lowest BCUT2D eigenvalue weighted by atomic mass is 10.1. The highest BCUT2D eigenvalue weighted by atomic mass is 35.5. The number of rotatable bonds is 8. The topological polar surface area (TPSA) is 102 Å². The second-order valence-corrected chi connectivity index (χ2v) is 10.4. The number of nitrogens with one attached hydrogen (secondary N) is 1. The highest BCUT2D eigenvalue weighted by molar-refractivity contribution is 7.19. The molecule has 3 heterocycles. The van der Waals surface area contributed by atoms with Crippen LogP contribution >= 0.6 is 22.9 Å². The number of hydrogen-bond donors (Lipinski definition) is 2. The fourth-order valence-corrected chi connectivity index (χ4v) is 5.64. The van der Waals surface area contributed by atoms with Crippen LogP contribution in [0.5, 0.6) is 0 Å². The predicted molar refractivity (Wildman–Crippen MR) is 141 cm³/mol. The number of thiophene rings is 1. The summed E-state index contributed by atoms with van der Waals surface area (Å²) in [5.74, 6) is -0.432. The minimum Gasteiger partial charge on any atom is -0.619 e. The SMILES string of the molecule is Cc1c(CN(C)CC(O)c2ccc[n+]([O-])c2)sc2c(=O)c(C(=O)NCc3ccc(Cl)cc3)cn(C)c12. The van der Waals surface area contributed by atoms with Crippen molar-refractivity contribution in [1.29, 1.82) is 0 Å². The van der Waals surface area contributed by atoms with Gasteiger partial charge in [0, 0.05) is 54.4 Å². The number of aryl methyl sites for hydroxylation is 2. The number of nitrogens with zero attached hydrogens (tertiary/aromatic N) is 3. The van der Waals surface area contributed by atoms with Crippen LogP contribution in [0.3, 0.4) is 0 Å². The molecular weight excluding hydrogens is 500 g/mol. The zero-order valence-corrected chi connectivity index (χ0v) is 21.8. The van der Waals surface area contributed by atoms with Crippen LogP contribution in [-0.2, 0) is 20.1 Å². The first-order valence-corrected chi connectivity index (χ1v) is 12.5. The number of halogens is 1. The van der Waals surface area contributed by atoms with Crippen molar-refractivity contribution < 1.29 is 14.6 Å². The van der Waals surface area contributed by atoms with E-state index >= 15 is 0 Å². The molecule has 0 aliphatic heterocycles. The molecule has 1 amide bonds. The average molecular weight is 527 g/mol. The first-order chi connectivity index (χ1) is 17.1. The van der Waals surface area contributed by atoms with Gasteiger partial charge in [-0.25, -0.2) is 0 Å². The third-order valence-corrected chi connectivity index (χ3v) is 7.55. The van der Waals surface area contributed by atoms with Crippen LogP contribution in [0, 0.1) is 12.1 Å². The van der Waals surface area contributed by atoms with E-state index in [0.29, 0.717) is 33.1 Å². The van der Waals surface area contributed by atoms with E-state index in [1.807, 2.05) is 42.6 Å².